The molecule has 0 amide bonds. The number of phosphoric ester groups is 1. The number of carbonyl (C=O) groups excluding carboxylic acids is 1. The molecule has 0 heterocycles. The maximum absolute atomic E-state index is 12.2. The Kier molecular flexibility index (Phi) is 27.2. The molecule has 8 nitrogen and oxygen atoms in total. The zero-order valence-corrected chi connectivity index (χ0v) is 25.3. The quantitative estimate of drug-likeness (QED) is 0.0413. The smallest absolute Gasteiger partial charge is 0.457 e. The second kappa shape index (κ2) is 27.8. The van der Waals surface area contributed by atoms with Crippen molar-refractivity contribution in [2.75, 3.05) is 33.0 Å². The highest BCUT2D eigenvalue weighted by Gasteiger charge is 2.25. The van der Waals surface area contributed by atoms with Crippen LogP contribution in [0.15, 0.2) is 12.2 Å². The molecule has 0 aromatic rings. The zero-order valence-electron chi connectivity index (χ0n) is 24.4. The first-order valence-electron chi connectivity index (χ1n) is 15.2. The Morgan fingerprint density at radius 1 is 0.763 bits per heavy atom. The van der Waals surface area contributed by atoms with Crippen molar-refractivity contribution in [2.45, 2.75) is 136 Å². The molecule has 3 N–H and O–H groups in total. The molecule has 0 spiro atoms. The first-order chi connectivity index (χ1) is 18.4. The second-order valence-corrected chi connectivity index (χ2v) is 11.4. The van der Waals surface area contributed by atoms with Crippen LogP contribution >= 0.6 is 7.82 Å². The number of ether oxygens (including phenoxy) is 2. The fraction of sp³-hybridized carbons (Fsp3) is 0.897. The number of carbonyl (C=O) groups is 1. The van der Waals surface area contributed by atoms with Gasteiger partial charge in [-0.15, -0.1) is 0 Å². The number of unbranched alkanes of at least 4 members (excludes halogenated alkanes) is 14. The van der Waals surface area contributed by atoms with Crippen LogP contribution in [-0.2, 0) is 27.9 Å². The van der Waals surface area contributed by atoms with E-state index < -0.39 is 13.9 Å². The summed E-state index contributed by atoms with van der Waals surface area (Å²) in [6.45, 7) is 4.79. The van der Waals surface area contributed by atoms with Gasteiger partial charge in [0.05, 0.1) is 19.8 Å². The van der Waals surface area contributed by atoms with Crippen LogP contribution in [0.1, 0.15) is 129 Å². The zero-order chi connectivity index (χ0) is 28.2. The highest BCUT2D eigenvalue weighted by atomic mass is 31.2. The van der Waals surface area contributed by atoms with E-state index in [1.807, 2.05) is 0 Å². The molecule has 0 aliphatic heterocycles. The average Bonchev–Trinajstić information content (AvgIpc) is 2.90. The lowest BCUT2D eigenvalue weighted by Crippen LogP contribution is -2.28. The van der Waals surface area contributed by atoms with Gasteiger partial charge in [-0.2, -0.15) is 0 Å². The summed E-state index contributed by atoms with van der Waals surface area (Å²) in [7, 11) is -4.25. The Labute approximate surface area is 233 Å². The summed E-state index contributed by atoms with van der Waals surface area (Å²) in [5, 5.41) is 0. The number of rotatable bonds is 29. The van der Waals surface area contributed by atoms with E-state index in [-0.39, 0.29) is 32.3 Å². The van der Waals surface area contributed by atoms with Gasteiger partial charge in [-0.25, -0.2) is 4.57 Å². The average molecular weight is 564 g/mol. The van der Waals surface area contributed by atoms with Crippen LogP contribution in [0.4, 0.5) is 0 Å². The first-order valence-corrected chi connectivity index (χ1v) is 16.7. The number of allylic oxidation sites excluding steroid dienone is 2. The minimum atomic E-state index is -4.25. The molecule has 2 atom stereocenters. The molecule has 0 radical (unpaired) electrons. The number of hydrogen-bond acceptors (Lipinski definition) is 7. The molecule has 0 saturated carbocycles. The van der Waals surface area contributed by atoms with Crippen LogP contribution in [-0.4, -0.2) is 49.9 Å². The van der Waals surface area contributed by atoms with Crippen LogP contribution < -0.4 is 5.73 Å². The van der Waals surface area contributed by atoms with E-state index in [0.717, 1.165) is 44.9 Å². The molecule has 9 heteroatoms. The van der Waals surface area contributed by atoms with E-state index in [1.165, 1.54) is 64.2 Å². The normalized spacial score (nSPS) is 14.1. The molecule has 2 unspecified atom stereocenters. The maximum Gasteiger partial charge on any atom is 0.472 e. The van der Waals surface area contributed by atoms with Crippen LogP contribution in [0.25, 0.3) is 0 Å². The molecule has 0 aliphatic rings. The molecule has 0 aliphatic carbocycles. The standard InChI is InChI=1S/C29H58NO7P/c1-3-5-7-9-10-11-12-13-14-15-16-17-19-21-24-34-26-28(27-36-38(32,33)35-25-23-30)37-29(31)22-20-18-8-6-4-2/h11-12,28H,3-10,13-27,30H2,1-2H3,(H,32,33)/b12-11-. The maximum atomic E-state index is 12.2. The number of esters is 1. The lowest BCUT2D eigenvalue weighted by molar-refractivity contribution is -0.154. The van der Waals surface area contributed by atoms with E-state index in [4.69, 9.17) is 24.3 Å². The Balaban J connectivity index is 4.06. The van der Waals surface area contributed by atoms with E-state index in [1.54, 1.807) is 0 Å². The summed E-state index contributed by atoms with van der Waals surface area (Å²) in [5.41, 5.74) is 5.30. The van der Waals surface area contributed by atoms with Crippen molar-refractivity contribution >= 4 is 13.8 Å². The predicted octanol–water partition coefficient (Wildman–Crippen LogP) is 7.62. The van der Waals surface area contributed by atoms with Gasteiger partial charge < -0.3 is 20.1 Å². The lowest BCUT2D eigenvalue weighted by Gasteiger charge is -2.20. The highest BCUT2D eigenvalue weighted by Crippen LogP contribution is 2.43. The fourth-order valence-electron chi connectivity index (χ4n) is 3.93. The van der Waals surface area contributed by atoms with Crippen molar-refractivity contribution < 1.29 is 32.8 Å². The molecule has 226 valence electrons. The number of nitrogens with two attached hydrogens (primary N) is 1. The number of phosphoric acid groups is 1. The Hall–Kier alpha value is -0.760. The summed E-state index contributed by atoms with van der Waals surface area (Å²) in [6, 6.07) is 0. The first kappa shape index (κ1) is 37.2. The van der Waals surface area contributed by atoms with Gasteiger partial charge in [-0.1, -0.05) is 96.6 Å². The molecule has 0 rings (SSSR count). The van der Waals surface area contributed by atoms with Gasteiger partial charge in [-0.05, 0) is 38.5 Å². The van der Waals surface area contributed by atoms with Gasteiger partial charge in [0.1, 0.15) is 6.10 Å². The third-order valence-electron chi connectivity index (χ3n) is 6.18. The summed E-state index contributed by atoms with van der Waals surface area (Å²) >= 11 is 0. The Bertz CT molecular complexity index is 603. The second-order valence-electron chi connectivity index (χ2n) is 9.97. The lowest BCUT2D eigenvalue weighted by atomic mass is 10.1. The van der Waals surface area contributed by atoms with Gasteiger partial charge in [0.25, 0.3) is 0 Å². The molecule has 0 fully saturated rings. The molecular weight excluding hydrogens is 505 g/mol. The van der Waals surface area contributed by atoms with Gasteiger partial charge in [0.15, 0.2) is 0 Å². The summed E-state index contributed by atoms with van der Waals surface area (Å²) in [5.74, 6) is -0.347. The van der Waals surface area contributed by atoms with E-state index in [9.17, 15) is 14.3 Å². The number of hydrogen-bond donors (Lipinski definition) is 2. The van der Waals surface area contributed by atoms with Crippen LogP contribution in [0, 0.1) is 0 Å². The monoisotopic (exact) mass is 563 g/mol. The van der Waals surface area contributed by atoms with Crippen LogP contribution in [0.2, 0.25) is 0 Å². The molecule has 38 heavy (non-hydrogen) atoms. The summed E-state index contributed by atoms with van der Waals surface area (Å²) < 4.78 is 32.9. The van der Waals surface area contributed by atoms with Crippen LogP contribution in [0.5, 0.6) is 0 Å². The van der Waals surface area contributed by atoms with Gasteiger partial charge >= 0.3 is 13.8 Å². The van der Waals surface area contributed by atoms with E-state index in [2.05, 4.69) is 26.0 Å². The van der Waals surface area contributed by atoms with E-state index >= 15 is 0 Å². The van der Waals surface area contributed by atoms with Crippen molar-refractivity contribution in [3.63, 3.8) is 0 Å². The van der Waals surface area contributed by atoms with Crippen LogP contribution in [0.3, 0.4) is 0 Å². The van der Waals surface area contributed by atoms with Crippen molar-refractivity contribution in [2.24, 2.45) is 5.73 Å². The minimum Gasteiger partial charge on any atom is -0.457 e. The Morgan fingerprint density at radius 3 is 1.95 bits per heavy atom. The van der Waals surface area contributed by atoms with Gasteiger partial charge in [0, 0.05) is 19.6 Å². The van der Waals surface area contributed by atoms with Crippen molar-refractivity contribution in [1.29, 1.82) is 0 Å². The summed E-state index contributed by atoms with van der Waals surface area (Å²) in [6.07, 6.45) is 24.0. The third kappa shape index (κ3) is 26.8. The molecular formula is C29H58NO7P. The fourth-order valence-corrected chi connectivity index (χ4v) is 4.69. The molecule has 0 bridgehead atoms. The SMILES string of the molecule is CCCCCC/C=C\CCCCCCCCOCC(COP(=O)(O)OCCN)OC(=O)CCCCCCC. The topological polar surface area (TPSA) is 117 Å². The third-order valence-corrected chi connectivity index (χ3v) is 7.17. The predicted molar refractivity (Wildman–Crippen MR) is 155 cm³/mol. The van der Waals surface area contributed by atoms with Crippen molar-refractivity contribution in [1.82, 2.24) is 0 Å². The minimum absolute atomic E-state index is 0.0949. The molecule has 0 aromatic carbocycles. The largest absolute Gasteiger partial charge is 0.472 e. The van der Waals surface area contributed by atoms with Crippen molar-refractivity contribution in [3.05, 3.63) is 12.2 Å². The van der Waals surface area contributed by atoms with Crippen molar-refractivity contribution in [3.8, 4) is 0 Å². The van der Waals surface area contributed by atoms with E-state index in [0.29, 0.717) is 13.0 Å². The molecule has 0 aromatic heterocycles. The van der Waals surface area contributed by atoms with Gasteiger partial charge in [-0.3, -0.25) is 13.8 Å². The van der Waals surface area contributed by atoms with Gasteiger partial charge in [0.2, 0.25) is 0 Å². The molecule has 0 saturated heterocycles. The Morgan fingerprint density at radius 2 is 1.32 bits per heavy atom. The highest BCUT2D eigenvalue weighted by molar-refractivity contribution is 7.47. The summed E-state index contributed by atoms with van der Waals surface area (Å²) in [4.78, 5) is 22.0.